The number of rotatable bonds is 8. The first-order chi connectivity index (χ1) is 14.4. The third-order valence-electron chi connectivity index (χ3n) is 5.11. The first kappa shape index (κ1) is 22.0. The van der Waals surface area contributed by atoms with Gasteiger partial charge in [-0.05, 0) is 68.3 Å². The van der Waals surface area contributed by atoms with Gasteiger partial charge in [-0.2, -0.15) is 0 Å². The van der Waals surface area contributed by atoms with Gasteiger partial charge in [0.1, 0.15) is 11.5 Å². The Kier molecular flexibility index (Phi) is 7.20. The Morgan fingerprint density at radius 1 is 0.967 bits per heavy atom. The topological polar surface area (TPSA) is 93.7 Å². The molecule has 0 unspecified atom stereocenters. The minimum Gasteiger partial charge on any atom is -0.497 e. The lowest BCUT2D eigenvalue weighted by Crippen LogP contribution is -2.43. The highest BCUT2D eigenvalue weighted by Crippen LogP contribution is 2.22. The number of anilines is 1. The Balaban J connectivity index is 1.58. The Bertz CT molecular complexity index is 936. The van der Waals surface area contributed by atoms with Crippen LogP contribution in [0.4, 0.5) is 5.69 Å². The normalized spacial score (nSPS) is 15.8. The summed E-state index contributed by atoms with van der Waals surface area (Å²) < 4.78 is 38.4. The molecule has 0 aliphatic heterocycles. The summed E-state index contributed by atoms with van der Waals surface area (Å²) in [4.78, 5) is 12.4. The molecule has 0 saturated heterocycles. The van der Waals surface area contributed by atoms with E-state index in [0.717, 1.165) is 25.7 Å². The average Bonchev–Trinajstić information content (AvgIpc) is 2.75. The van der Waals surface area contributed by atoms with Crippen molar-refractivity contribution < 1.29 is 22.7 Å². The average molecular weight is 433 g/mol. The van der Waals surface area contributed by atoms with Crippen molar-refractivity contribution in [3.8, 4) is 11.5 Å². The van der Waals surface area contributed by atoms with Crippen LogP contribution in [0.1, 0.15) is 39.0 Å². The van der Waals surface area contributed by atoms with E-state index < -0.39 is 16.1 Å². The molecule has 8 heteroatoms. The van der Waals surface area contributed by atoms with Crippen molar-refractivity contribution in [1.29, 1.82) is 0 Å². The molecule has 0 bridgehead atoms. The number of ether oxygens (including phenoxy) is 2. The number of benzene rings is 2. The molecule has 1 amide bonds. The summed E-state index contributed by atoms with van der Waals surface area (Å²) in [7, 11) is -2.19. The summed E-state index contributed by atoms with van der Waals surface area (Å²) in [5, 5.41) is 3.03. The van der Waals surface area contributed by atoms with Crippen LogP contribution < -0.4 is 19.5 Å². The highest BCUT2D eigenvalue weighted by atomic mass is 32.2. The van der Waals surface area contributed by atoms with Gasteiger partial charge in [-0.15, -0.1) is 0 Å². The van der Waals surface area contributed by atoms with Gasteiger partial charge in [0.2, 0.25) is 0 Å². The van der Waals surface area contributed by atoms with Crippen LogP contribution in [-0.2, 0) is 14.8 Å². The van der Waals surface area contributed by atoms with E-state index in [2.05, 4.69) is 10.0 Å². The van der Waals surface area contributed by atoms with Gasteiger partial charge in [0.25, 0.3) is 15.9 Å². The van der Waals surface area contributed by atoms with Crippen LogP contribution in [0.2, 0.25) is 0 Å². The lowest BCUT2D eigenvalue weighted by Gasteiger charge is -2.24. The molecule has 2 N–H and O–H groups in total. The number of hydrogen-bond donors (Lipinski definition) is 2. The van der Waals surface area contributed by atoms with Crippen LogP contribution in [0.15, 0.2) is 53.4 Å². The molecule has 7 nitrogen and oxygen atoms in total. The second kappa shape index (κ2) is 9.84. The zero-order valence-corrected chi connectivity index (χ0v) is 18.1. The van der Waals surface area contributed by atoms with Gasteiger partial charge in [-0.25, -0.2) is 8.42 Å². The van der Waals surface area contributed by atoms with E-state index in [1.807, 2.05) is 0 Å². The van der Waals surface area contributed by atoms with Gasteiger partial charge in [0.05, 0.1) is 12.0 Å². The summed E-state index contributed by atoms with van der Waals surface area (Å²) in [5.74, 6) is 0.922. The SMILES string of the molecule is COc1ccc(NS(=O)(=O)c2ccc(O[C@H](C)C(=O)NC3CCCCC3)cc2)cc1. The van der Waals surface area contributed by atoms with Gasteiger partial charge >= 0.3 is 0 Å². The van der Waals surface area contributed by atoms with E-state index in [9.17, 15) is 13.2 Å². The van der Waals surface area contributed by atoms with Crippen LogP contribution in [0.5, 0.6) is 11.5 Å². The lowest BCUT2D eigenvalue weighted by atomic mass is 9.95. The van der Waals surface area contributed by atoms with Crippen LogP contribution in [0, 0.1) is 0 Å². The van der Waals surface area contributed by atoms with Crippen LogP contribution in [-0.4, -0.2) is 33.6 Å². The third kappa shape index (κ3) is 5.89. The van der Waals surface area contributed by atoms with Crippen molar-refractivity contribution in [3.63, 3.8) is 0 Å². The second-order valence-corrected chi connectivity index (χ2v) is 9.09. The molecular weight excluding hydrogens is 404 g/mol. The fraction of sp³-hybridized carbons (Fsp3) is 0.409. The lowest BCUT2D eigenvalue weighted by molar-refractivity contribution is -0.128. The van der Waals surface area contributed by atoms with Crippen LogP contribution >= 0.6 is 0 Å². The van der Waals surface area contributed by atoms with Crippen molar-refractivity contribution in [1.82, 2.24) is 5.32 Å². The zero-order valence-electron chi connectivity index (χ0n) is 17.3. The molecule has 2 aromatic rings. The summed E-state index contributed by atoms with van der Waals surface area (Å²) in [6.45, 7) is 1.69. The molecule has 1 aliphatic carbocycles. The minimum atomic E-state index is -3.74. The fourth-order valence-corrected chi connectivity index (χ4v) is 4.45. The van der Waals surface area contributed by atoms with E-state index in [4.69, 9.17) is 9.47 Å². The van der Waals surface area contributed by atoms with E-state index in [-0.39, 0.29) is 16.8 Å². The predicted octanol–water partition coefficient (Wildman–Crippen LogP) is 3.71. The number of hydrogen-bond acceptors (Lipinski definition) is 5. The maximum atomic E-state index is 12.6. The van der Waals surface area contributed by atoms with Gasteiger partial charge in [0.15, 0.2) is 6.10 Å². The molecule has 0 heterocycles. The zero-order chi connectivity index (χ0) is 21.6. The van der Waals surface area contributed by atoms with Gasteiger partial charge in [-0.3, -0.25) is 9.52 Å². The monoisotopic (exact) mass is 432 g/mol. The second-order valence-electron chi connectivity index (χ2n) is 7.41. The largest absolute Gasteiger partial charge is 0.497 e. The minimum absolute atomic E-state index is 0.102. The summed E-state index contributed by atoms with van der Waals surface area (Å²) in [6.07, 6.45) is 4.85. The molecule has 0 radical (unpaired) electrons. The first-order valence-corrected chi connectivity index (χ1v) is 11.6. The van der Waals surface area contributed by atoms with Crippen molar-refractivity contribution in [2.75, 3.05) is 11.8 Å². The first-order valence-electron chi connectivity index (χ1n) is 10.1. The van der Waals surface area contributed by atoms with Gasteiger partial charge in [-0.1, -0.05) is 19.3 Å². The molecule has 1 fully saturated rings. The molecule has 162 valence electrons. The Hall–Kier alpha value is -2.74. The van der Waals surface area contributed by atoms with E-state index in [1.165, 1.54) is 18.6 Å². The number of carbonyl (C=O) groups is 1. The summed E-state index contributed by atoms with van der Waals surface area (Å²) in [5.41, 5.74) is 0.434. The highest BCUT2D eigenvalue weighted by molar-refractivity contribution is 7.92. The number of nitrogens with one attached hydrogen (secondary N) is 2. The van der Waals surface area contributed by atoms with E-state index in [1.54, 1.807) is 50.4 Å². The molecule has 0 aromatic heterocycles. The maximum Gasteiger partial charge on any atom is 0.261 e. The Labute approximate surface area is 177 Å². The maximum absolute atomic E-state index is 12.6. The van der Waals surface area contributed by atoms with Crippen LogP contribution in [0.25, 0.3) is 0 Å². The molecule has 30 heavy (non-hydrogen) atoms. The number of carbonyl (C=O) groups excluding carboxylic acids is 1. The van der Waals surface area contributed by atoms with E-state index >= 15 is 0 Å². The highest BCUT2D eigenvalue weighted by Gasteiger charge is 2.21. The summed E-state index contributed by atoms with van der Waals surface area (Å²) >= 11 is 0. The molecular formula is C22H28N2O5S. The van der Waals surface area contributed by atoms with E-state index in [0.29, 0.717) is 17.2 Å². The van der Waals surface area contributed by atoms with Crippen molar-refractivity contribution >= 4 is 21.6 Å². The molecule has 1 saturated carbocycles. The smallest absolute Gasteiger partial charge is 0.261 e. The Morgan fingerprint density at radius 3 is 2.17 bits per heavy atom. The Morgan fingerprint density at radius 2 is 1.57 bits per heavy atom. The number of methoxy groups -OCH3 is 1. The fourth-order valence-electron chi connectivity index (χ4n) is 3.39. The standard InChI is InChI=1S/C22H28N2O5S/c1-16(22(25)23-17-6-4-3-5-7-17)29-20-12-14-21(15-13-20)30(26,27)24-18-8-10-19(28-2)11-9-18/h8-17,24H,3-7H2,1-2H3,(H,23,25)/t16-/m1/s1. The van der Waals surface area contributed by atoms with Gasteiger partial charge in [0, 0.05) is 11.7 Å². The molecule has 2 aromatic carbocycles. The van der Waals surface area contributed by atoms with Gasteiger partial charge < -0.3 is 14.8 Å². The van der Waals surface area contributed by atoms with Crippen molar-refractivity contribution in [2.24, 2.45) is 0 Å². The van der Waals surface area contributed by atoms with Crippen molar-refractivity contribution in [3.05, 3.63) is 48.5 Å². The molecule has 0 spiro atoms. The number of sulfonamides is 1. The third-order valence-corrected chi connectivity index (χ3v) is 6.51. The molecule has 1 aliphatic rings. The quantitative estimate of drug-likeness (QED) is 0.663. The number of amides is 1. The predicted molar refractivity (Wildman–Crippen MR) is 115 cm³/mol. The molecule has 1 atom stereocenters. The molecule has 3 rings (SSSR count). The van der Waals surface area contributed by atoms with Crippen molar-refractivity contribution in [2.45, 2.75) is 56.1 Å². The summed E-state index contributed by atoms with van der Waals surface area (Å²) in [6, 6.07) is 12.8. The van der Waals surface area contributed by atoms with Crippen LogP contribution in [0.3, 0.4) is 0 Å².